The topological polar surface area (TPSA) is 6.48 Å². The van der Waals surface area contributed by atoms with Gasteiger partial charge < -0.3 is 0 Å². The van der Waals surface area contributed by atoms with E-state index < -0.39 is 0 Å². The summed E-state index contributed by atoms with van der Waals surface area (Å²) in [4.78, 5) is 0. The van der Waals surface area contributed by atoms with E-state index in [1.807, 2.05) is 0 Å². The van der Waals surface area contributed by atoms with E-state index in [4.69, 9.17) is 0 Å². The predicted octanol–water partition coefficient (Wildman–Crippen LogP) is 7.83. The van der Waals surface area contributed by atoms with E-state index in [0.717, 1.165) is 19.6 Å². The van der Waals surface area contributed by atoms with Crippen molar-refractivity contribution in [2.45, 2.75) is 130 Å². The number of hydrazine groups is 1. The molecule has 0 aliphatic rings. The third-order valence-corrected chi connectivity index (χ3v) is 5.76. The van der Waals surface area contributed by atoms with E-state index in [2.05, 4.69) is 37.7 Å². The van der Waals surface area contributed by atoms with Crippen molar-refractivity contribution in [3.05, 3.63) is 0 Å². The molecule has 0 aromatic carbocycles. The fourth-order valence-electron chi connectivity index (χ4n) is 3.97. The predicted molar refractivity (Wildman–Crippen MR) is 120 cm³/mol. The summed E-state index contributed by atoms with van der Waals surface area (Å²) in [7, 11) is 0. The first-order chi connectivity index (χ1) is 12.8. The van der Waals surface area contributed by atoms with Crippen LogP contribution in [0.2, 0.25) is 0 Å². The van der Waals surface area contributed by atoms with Crippen molar-refractivity contribution in [2.24, 2.45) is 0 Å². The summed E-state index contributed by atoms with van der Waals surface area (Å²) in [5, 5.41) is 5.01. The Bertz CT molecular complexity index is 251. The third-order valence-electron chi connectivity index (χ3n) is 5.76. The quantitative estimate of drug-likeness (QED) is 0.150. The van der Waals surface area contributed by atoms with Crippen LogP contribution < -0.4 is 0 Å². The van der Waals surface area contributed by atoms with Crippen LogP contribution in [0.4, 0.5) is 0 Å². The molecule has 0 saturated carbocycles. The lowest BCUT2D eigenvalue weighted by molar-refractivity contribution is -0.0129. The Hall–Kier alpha value is -0.0800. The van der Waals surface area contributed by atoms with Crippen LogP contribution in [0.25, 0.3) is 0 Å². The summed E-state index contributed by atoms with van der Waals surface area (Å²) in [6.07, 6.45) is 23.2. The van der Waals surface area contributed by atoms with Crippen LogP contribution in [-0.4, -0.2) is 36.2 Å². The molecule has 2 heteroatoms. The van der Waals surface area contributed by atoms with Gasteiger partial charge in [-0.25, -0.2) is 10.0 Å². The van der Waals surface area contributed by atoms with Gasteiger partial charge in [0.2, 0.25) is 0 Å². The molecule has 0 bridgehead atoms. The summed E-state index contributed by atoms with van der Waals surface area (Å²) in [5.41, 5.74) is 0. The third kappa shape index (κ3) is 16.1. The average Bonchev–Trinajstić information content (AvgIpc) is 2.66. The van der Waals surface area contributed by atoms with Crippen LogP contribution in [0.3, 0.4) is 0 Å². The highest BCUT2D eigenvalue weighted by molar-refractivity contribution is 4.55. The Balaban J connectivity index is 3.24. The lowest BCUT2D eigenvalue weighted by Crippen LogP contribution is -2.42. The highest BCUT2D eigenvalue weighted by Crippen LogP contribution is 2.14. The van der Waals surface area contributed by atoms with Gasteiger partial charge in [0.1, 0.15) is 0 Å². The molecule has 0 spiro atoms. The number of hydrogen-bond donors (Lipinski definition) is 0. The van der Waals surface area contributed by atoms with Gasteiger partial charge in [-0.2, -0.15) is 0 Å². The molecule has 0 N–H and O–H groups in total. The standard InChI is InChI=1S/C24H52N2/c1-5-9-10-11-12-13-14-15-16-17-18-19-20-21-22-23-24-26(8-4)25(6-2)7-3/h5-24H2,1-4H3. The Kier molecular flexibility index (Phi) is 21.2. The SMILES string of the molecule is CCCCCCCCCCCCCCCCCCN(CC)N(CC)CC. The molecule has 0 amide bonds. The van der Waals surface area contributed by atoms with Crippen molar-refractivity contribution >= 4 is 0 Å². The molecule has 0 fully saturated rings. The second-order valence-corrected chi connectivity index (χ2v) is 7.99. The molecule has 158 valence electrons. The Labute approximate surface area is 167 Å². The van der Waals surface area contributed by atoms with Gasteiger partial charge in [-0.3, -0.25) is 0 Å². The maximum Gasteiger partial charge on any atom is 0.0133 e. The van der Waals surface area contributed by atoms with E-state index in [1.54, 1.807) is 0 Å². The molecule has 0 unspecified atom stereocenters. The molecular formula is C24H52N2. The lowest BCUT2D eigenvalue weighted by atomic mass is 10.0. The molecule has 0 aliphatic carbocycles. The molecule has 0 atom stereocenters. The summed E-state index contributed by atoms with van der Waals surface area (Å²) >= 11 is 0. The van der Waals surface area contributed by atoms with Crippen LogP contribution in [0.1, 0.15) is 130 Å². The fourth-order valence-corrected chi connectivity index (χ4v) is 3.97. The maximum absolute atomic E-state index is 2.53. The number of unbranched alkanes of at least 4 members (excludes halogenated alkanes) is 15. The number of rotatable bonds is 21. The van der Waals surface area contributed by atoms with Gasteiger partial charge in [-0.1, -0.05) is 124 Å². The highest BCUT2D eigenvalue weighted by Gasteiger charge is 2.08. The minimum absolute atomic E-state index is 1.14. The molecular weight excluding hydrogens is 316 g/mol. The zero-order valence-electron chi connectivity index (χ0n) is 19.0. The Morgan fingerprint density at radius 1 is 0.346 bits per heavy atom. The summed E-state index contributed by atoms with van der Waals surface area (Å²) in [6.45, 7) is 13.8. The van der Waals surface area contributed by atoms with E-state index >= 15 is 0 Å². The molecule has 0 saturated heterocycles. The van der Waals surface area contributed by atoms with Gasteiger partial charge >= 0.3 is 0 Å². The minimum Gasteiger partial charge on any atom is -0.242 e. The molecule has 0 rings (SSSR count). The summed E-state index contributed by atoms with van der Waals surface area (Å²) in [5.74, 6) is 0. The molecule has 0 aliphatic heterocycles. The van der Waals surface area contributed by atoms with Gasteiger partial charge in [0.25, 0.3) is 0 Å². The van der Waals surface area contributed by atoms with Crippen LogP contribution in [0.5, 0.6) is 0 Å². The molecule has 0 heterocycles. The monoisotopic (exact) mass is 368 g/mol. The van der Waals surface area contributed by atoms with E-state index in [1.165, 1.54) is 109 Å². The summed E-state index contributed by atoms with van der Waals surface area (Å²) < 4.78 is 0. The van der Waals surface area contributed by atoms with Crippen LogP contribution in [0, 0.1) is 0 Å². The molecule has 0 aromatic heterocycles. The molecule has 0 radical (unpaired) electrons. The lowest BCUT2D eigenvalue weighted by Gasteiger charge is -2.32. The first kappa shape index (κ1) is 25.9. The zero-order chi connectivity index (χ0) is 19.3. The van der Waals surface area contributed by atoms with Crippen LogP contribution in [0.15, 0.2) is 0 Å². The smallest absolute Gasteiger partial charge is 0.0133 e. The first-order valence-electron chi connectivity index (χ1n) is 12.3. The van der Waals surface area contributed by atoms with Crippen molar-refractivity contribution in [3.63, 3.8) is 0 Å². The largest absolute Gasteiger partial charge is 0.242 e. The molecule has 0 aromatic rings. The Morgan fingerprint density at radius 3 is 0.962 bits per heavy atom. The second-order valence-electron chi connectivity index (χ2n) is 7.99. The minimum atomic E-state index is 1.14. The number of hydrogen-bond acceptors (Lipinski definition) is 2. The van der Waals surface area contributed by atoms with Crippen LogP contribution in [-0.2, 0) is 0 Å². The zero-order valence-corrected chi connectivity index (χ0v) is 19.0. The van der Waals surface area contributed by atoms with Crippen molar-refractivity contribution in [3.8, 4) is 0 Å². The Morgan fingerprint density at radius 2 is 0.654 bits per heavy atom. The highest BCUT2D eigenvalue weighted by atomic mass is 15.6. The van der Waals surface area contributed by atoms with E-state index in [9.17, 15) is 0 Å². The normalized spacial score (nSPS) is 11.8. The van der Waals surface area contributed by atoms with Gasteiger partial charge in [-0.15, -0.1) is 0 Å². The maximum atomic E-state index is 2.53. The van der Waals surface area contributed by atoms with E-state index in [0.29, 0.717) is 0 Å². The van der Waals surface area contributed by atoms with Gasteiger partial charge in [0.15, 0.2) is 0 Å². The summed E-state index contributed by atoms with van der Waals surface area (Å²) in [6, 6.07) is 0. The fraction of sp³-hybridized carbons (Fsp3) is 1.00. The van der Waals surface area contributed by atoms with Gasteiger partial charge in [-0.05, 0) is 6.42 Å². The van der Waals surface area contributed by atoms with Crippen molar-refractivity contribution in [1.29, 1.82) is 0 Å². The second kappa shape index (κ2) is 21.2. The average molecular weight is 369 g/mol. The number of nitrogens with zero attached hydrogens (tertiary/aromatic N) is 2. The van der Waals surface area contributed by atoms with E-state index in [-0.39, 0.29) is 0 Å². The molecule has 2 nitrogen and oxygen atoms in total. The van der Waals surface area contributed by atoms with Crippen molar-refractivity contribution < 1.29 is 0 Å². The van der Waals surface area contributed by atoms with Crippen LogP contribution >= 0.6 is 0 Å². The molecule has 26 heavy (non-hydrogen) atoms. The van der Waals surface area contributed by atoms with Gasteiger partial charge in [0.05, 0.1) is 0 Å². The van der Waals surface area contributed by atoms with Gasteiger partial charge in [0, 0.05) is 26.2 Å². The van der Waals surface area contributed by atoms with Crippen molar-refractivity contribution in [2.75, 3.05) is 26.2 Å². The first-order valence-corrected chi connectivity index (χ1v) is 12.3. The van der Waals surface area contributed by atoms with Crippen molar-refractivity contribution in [1.82, 2.24) is 10.0 Å².